The lowest BCUT2D eigenvalue weighted by Gasteiger charge is -2.06. The molecule has 0 bridgehead atoms. The third-order valence-corrected chi connectivity index (χ3v) is 2.96. The average Bonchev–Trinajstić information content (AvgIpc) is 2.38. The van der Waals surface area contributed by atoms with Gasteiger partial charge in [-0.1, -0.05) is 6.07 Å². The highest BCUT2D eigenvalue weighted by molar-refractivity contribution is 7.80. The van der Waals surface area contributed by atoms with Gasteiger partial charge >= 0.3 is 0 Å². The predicted molar refractivity (Wildman–Crippen MR) is 74.9 cm³/mol. The summed E-state index contributed by atoms with van der Waals surface area (Å²) in [5, 5.41) is 1.15. The van der Waals surface area contributed by atoms with Gasteiger partial charge in [0.25, 0.3) is 0 Å². The van der Waals surface area contributed by atoms with Gasteiger partial charge in [-0.15, -0.1) is 0 Å². The lowest BCUT2D eigenvalue weighted by molar-refractivity contribution is 0.307. The molecular formula is C14H17NOS. The van der Waals surface area contributed by atoms with Crippen LogP contribution in [0.1, 0.15) is 19.3 Å². The highest BCUT2D eigenvalue weighted by Gasteiger charge is 1.97. The van der Waals surface area contributed by atoms with E-state index in [2.05, 4.69) is 23.7 Å². The quantitative estimate of drug-likeness (QED) is 0.621. The van der Waals surface area contributed by atoms with Crippen LogP contribution in [-0.2, 0) is 0 Å². The van der Waals surface area contributed by atoms with Gasteiger partial charge in [-0.05, 0) is 43.2 Å². The van der Waals surface area contributed by atoms with Crippen molar-refractivity contribution in [3.8, 4) is 5.75 Å². The maximum Gasteiger partial charge on any atom is 0.121 e. The molecule has 0 fully saturated rings. The van der Waals surface area contributed by atoms with Gasteiger partial charge in [-0.25, -0.2) is 0 Å². The molecule has 0 radical (unpaired) electrons. The van der Waals surface area contributed by atoms with Crippen molar-refractivity contribution in [3.63, 3.8) is 0 Å². The maximum atomic E-state index is 5.70. The Morgan fingerprint density at radius 1 is 1.12 bits per heavy atom. The van der Waals surface area contributed by atoms with Crippen molar-refractivity contribution in [1.82, 2.24) is 4.98 Å². The lowest BCUT2D eigenvalue weighted by atomic mass is 10.2. The summed E-state index contributed by atoms with van der Waals surface area (Å²) in [6, 6.07) is 10.0. The Kier molecular flexibility index (Phi) is 4.68. The molecule has 0 unspecified atom stereocenters. The Hall–Kier alpha value is -1.22. The van der Waals surface area contributed by atoms with Gasteiger partial charge < -0.3 is 4.74 Å². The Labute approximate surface area is 107 Å². The second-order valence-electron chi connectivity index (χ2n) is 3.99. The van der Waals surface area contributed by atoms with Crippen LogP contribution in [0.15, 0.2) is 36.5 Å². The molecule has 0 amide bonds. The number of rotatable bonds is 6. The van der Waals surface area contributed by atoms with Gasteiger partial charge in [0.05, 0.1) is 12.1 Å². The van der Waals surface area contributed by atoms with Crippen LogP contribution in [0, 0.1) is 0 Å². The zero-order valence-corrected chi connectivity index (χ0v) is 10.7. The van der Waals surface area contributed by atoms with Gasteiger partial charge in [0, 0.05) is 17.6 Å². The Morgan fingerprint density at radius 3 is 2.94 bits per heavy atom. The van der Waals surface area contributed by atoms with Crippen LogP contribution in [0.25, 0.3) is 10.9 Å². The number of ether oxygens (including phenoxy) is 1. The third kappa shape index (κ3) is 3.63. The number of unbranched alkanes of at least 4 members (excludes halogenated alkanes) is 2. The molecule has 1 heterocycles. The molecule has 2 nitrogen and oxygen atoms in total. The number of fused-ring (bicyclic) bond motifs is 1. The topological polar surface area (TPSA) is 22.1 Å². The summed E-state index contributed by atoms with van der Waals surface area (Å²) in [6.45, 7) is 0.770. The van der Waals surface area contributed by atoms with Gasteiger partial charge in [-0.2, -0.15) is 12.6 Å². The molecule has 1 aromatic carbocycles. The zero-order valence-electron chi connectivity index (χ0n) is 9.80. The van der Waals surface area contributed by atoms with E-state index in [0.29, 0.717) is 0 Å². The van der Waals surface area contributed by atoms with Gasteiger partial charge in [0.2, 0.25) is 0 Å². The summed E-state index contributed by atoms with van der Waals surface area (Å²) in [6.07, 6.45) is 5.22. The van der Waals surface area contributed by atoms with Crippen molar-refractivity contribution in [1.29, 1.82) is 0 Å². The molecule has 0 N–H and O–H groups in total. The van der Waals surface area contributed by atoms with Crippen molar-refractivity contribution in [2.45, 2.75) is 19.3 Å². The minimum atomic E-state index is 0.770. The first-order valence-electron chi connectivity index (χ1n) is 5.98. The standard InChI is InChI=1S/C14H17NOS/c17-10-3-1-2-9-16-13-7-6-12-5-4-8-15-14(12)11-13/h4-8,11,17H,1-3,9-10H2. The highest BCUT2D eigenvalue weighted by atomic mass is 32.1. The fraction of sp³-hybridized carbons (Fsp3) is 0.357. The van der Waals surface area contributed by atoms with Crippen LogP contribution in [-0.4, -0.2) is 17.3 Å². The maximum absolute atomic E-state index is 5.70. The number of nitrogens with zero attached hydrogens (tertiary/aromatic N) is 1. The minimum Gasteiger partial charge on any atom is -0.494 e. The van der Waals surface area contributed by atoms with Crippen molar-refractivity contribution in [3.05, 3.63) is 36.5 Å². The smallest absolute Gasteiger partial charge is 0.121 e. The molecule has 2 rings (SSSR count). The monoisotopic (exact) mass is 247 g/mol. The molecule has 17 heavy (non-hydrogen) atoms. The number of hydrogen-bond donors (Lipinski definition) is 1. The van der Waals surface area contributed by atoms with E-state index >= 15 is 0 Å². The number of pyridine rings is 1. The predicted octanol–water partition coefficient (Wildman–Crippen LogP) is 3.71. The first kappa shape index (κ1) is 12.2. The van der Waals surface area contributed by atoms with E-state index in [4.69, 9.17) is 4.74 Å². The van der Waals surface area contributed by atoms with Crippen molar-refractivity contribution in [2.75, 3.05) is 12.4 Å². The number of hydrogen-bond acceptors (Lipinski definition) is 3. The molecule has 0 atom stereocenters. The number of thiol groups is 1. The van der Waals surface area contributed by atoms with Crippen LogP contribution in [0.3, 0.4) is 0 Å². The van der Waals surface area contributed by atoms with E-state index in [9.17, 15) is 0 Å². The van der Waals surface area contributed by atoms with E-state index < -0.39 is 0 Å². The summed E-state index contributed by atoms with van der Waals surface area (Å²) < 4.78 is 5.70. The van der Waals surface area contributed by atoms with Crippen molar-refractivity contribution >= 4 is 23.5 Å². The SMILES string of the molecule is SCCCCCOc1ccc2cccnc2c1. The van der Waals surface area contributed by atoms with E-state index in [1.165, 1.54) is 6.42 Å². The molecule has 0 spiro atoms. The van der Waals surface area contributed by atoms with Crippen molar-refractivity contribution in [2.24, 2.45) is 0 Å². The second kappa shape index (κ2) is 6.50. The van der Waals surface area contributed by atoms with Gasteiger partial charge in [-0.3, -0.25) is 4.98 Å². The molecule has 2 aromatic rings. The Balaban J connectivity index is 1.90. The molecule has 0 saturated carbocycles. The molecule has 0 aliphatic rings. The number of aromatic nitrogens is 1. The third-order valence-electron chi connectivity index (χ3n) is 2.65. The van der Waals surface area contributed by atoms with Crippen molar-refractivity contribution < 1.29 is 4.74 Å². The minimum absolute atomic E-state index is 0.770. The second-order valence-corrected chi connectivity index (χ2v) is 4.44. The van der Waals surface area contributed by atoms with Crippen LogP contribution < -0.4 is 4.74 Å². The molecule has 0 aliphatic heterocycles. The summed E-state index contributed by atoms with van der Waals surface area (Å²) in [5.74, 6) is 1.86. The summed E-state index contributed by atoms with van der Waals surface area (Å²) in [7, 11) is 0. The van der Waals surface area contributed by atoms with E-state index in [1.807, 2.05) is 24.3 Å². The van der Waals surface area contributed by atoms with Crippen LogP contribution in [0.4, 0.5) is 0 Å². The Bertz CT molecular complexity index is 472. The fourth-order valence-corrected chi connectivity index (χ4v) is 1.94. The summed E-state index contributed by atoms with van der Waals surface area (Å²) in [4.78, 5) is 4.31. The van der Waals surface area contributed by atoms with Crippen LogP contribution in [0.2, 0.25) is 0 Å². The van der Waals surface area contributed by atoms with E-state index in [-0.39, 0.29) is 0 Å². The molecule has 0 saturated heterocycles. The molecule has 1 aromatic heterocycles. The van der Waals surface area contributed by atoms with E-state index in [0.717, 1.165) is 41.9 Å². The molecule has 3 heteroatoms. The summed E-state index contributed by atoms with van der Waals surface area (Å²) in [5.41, 5.74) is 0.986. The molecular weight excluding hydrogens is 230 g/mol. The van der Waals surface area contributed by atoms with Gasteiger partial charge in [0.1, 0.15) is 5.75 Å². The fourth-order valence-electron chi connectivity index (χ4n) is 1.72. The zero-order chi connectivity index (χ0) is 11.9. The normalized spacial score (nSPS) is 10.6. The Morgan fingerprint density at radius 2 is 2.06 bits per heavy atom. The average molecular weight is 247 g/mol. The largest absolute Gasteiger partial charge is 0.494 e. The lowest BCUT2D eigenvalue weighted by Crippen LogP contribution is -1.97. The number of benzene rings is 1. The summed E-state index contributed by atoms with van der Waals surface area (Å²) >= 11 is 4.18. The first-order chi connectivity index (χ1) is 8.40. The molecule has 90 valence electrons. The van der Waals surface area contributed by atoms with Crippen LogP contribution >= 0.6 is 12.6 Å². The first-order valence-corrected chi connectivity index (χ1v) is 6.62. The molecule has 0 aliphatic carbocycles. The van der Waals surface area contributed by atoms with Crippen LogP contribution in [0.5, 0.6) is 5.75 Å². The highest BCUT2D eigenvalue weighted by Crippen LogP contribution is 2.18. The van der Waals surface area contributed by atoms with E-state index in [1.54, 1.807) is 6.20 Å². The van der Waals surface area contributed by atoms with Gasteiger partial charge in [0.15, 0.2) is 0 Å².